The normalized spacial score (nSPS) is 19.6. The summed E-state index contributed by atoms with van der Waals surface area (Å²) in [5.74, 6) is 0.790. The lowest BCUT2D eigenvalue weighted by Gasteiger charge is -2.36. The molecule has 2 aromatic carbocycles. The van der Waals surface area contributed by atoms with E-state index in [0.29, 0.717) is 5.56 Å². The molecule has 1 heterocycles. The highest BCUT2D eigenvalue weighted by Crippen LogP contribution is 2.41. The van der Waals surface area contributed by atoms with Crippen molar-refractivity contribution in [3.8, 4) is 0 Å². The summed E-state index contributed by atoms with van der Waals surface area (Å²) in [6.45, 7) is 2.95. The van der Waals surface area contributed by atoms with Crippen LogP contribution in [0, 0.1) is 5.92 Å². The van der Waals surface area contributed by atoms with Crippen LogP contribution >= 0.6 is 0 Å². The maximum atomic E-state index is 13.3. The van der Waals surface area contributed by atoms with Crippen LogP contribution in [0.1, 0.15) is 54.4 Å². The number of sulfone groups is 1. The standard InChI is InChI=1S/C26H26F3NO2S/c27-26(28,29)33(31,32)22-11-10-20-9-8-19-6-1-2-7-23(19)25(24(20)16-22)21-12-14-30(15-13-21)17-18-4-3-5-18/h1-2,6-11,16,18H,3-5,12-15,17H2. The maximum Gasteiger partial charge on any atom is 0.501 e. The first kappa shape index (κ1) is 22.4. The number of likely N-dealkylation sites (tertiary alicyclic amines) is 1. The van der Waals surface area contributed by atoms with E-state index in [9.17, 15) is 21.6 Å². The SMILES string of the molecule is O=S(=O)(c1ccc2c(c1)C(=C1CCN(CC3CCC3)CC1)c1ccccc1C=C2)C(F)(F)F. The number of nitrogens with zero attached hydrogens (tertiary/aromatic N) is 1. The molecule has 0 unspecified atom stereocenters. The number of rotatable bonds is 3. The molecule has 0 spiro atoms. The zero-order valence-electron chi connectivity index (χ0n) is 18.2. The number of hydrogen-bond acceptors (Lipinski definition) is 3. The van der Waals surface area contributed by atoms with Crippen LogP contribution < -0.4 is 0 Å². The predicted octanol–water partition coefficient (Wildman–Crippen LogP) is 6.16. The lowest BCUT2D eigenvalue weighted by atomic mass is 9.83. The van der Waals surface area contributed by atoms with Crippen LogP contribution in [0.5, 0.6) is 0 Å². The van der Waals surface area contributed by atoms with E-state index in [2.05, 4.69) is 4.90 Å². The van der Waals surface area contributed by atoms with E-state index in [1.807, 2.05) is 36.4 Å². The van der Waals surface area contributed by atoms with Gasteiger partial charge in [0.15, 0.2) is 0 Å². The summed E-state index contributed by atoms with van der Waals surface area (Å²) in [7, 11) is -5.43. The topological polar surface area (TPSA) is 37.4 Å². The summed E-state index contributed by atoms with van der Waals surface area (Å²) >= 11 is 0. The summed E-state index contributed by atoms with van der Waals surface area (Å²) in [4.78, 5) is 1.78. The number of fused-ring (bicyclic) bond motifs is 2. The highest BCUT2D eigenvalue weighted by atomic mass is 32.2. The van der Waals surface area contributed by atoms with Gasteiger partial charge in [0.1, 0.15) is 0 Å². The summed E-state index contributed by atoms with van der Waals surface area (Å²) in [5.41, 5.74) is -0.0627. The van der Waals surface area contributed by atoms with Crippen LogP contribution in [-0.2, 0) is 9.84 Å². The minimum atomic E-state index is -5.43. The average Bonchev–Trinajstić information content (AvgIpc) is 2.92. The molecule has 0 atom stereocenters. The fourth-order valence-corrected chi connectivity index (χ4v) is 5.86. The largest absolute Gasteiger partial charge is 0.501 e. The average molecular weight is 474 g/mol. The predicted molar refractivity (Wildman–Crippen MR) is 124 cm³/mol. The molecule has 0 radical (unpaired) electrons. The van der Waals surface area contributed by atoms with Gasteiger partial charge in [-0.1, -0.05) is 54.5 Å². The van der Waals surface area contributed by atoms with E-state index in [0.717, 1.165) is 66.7 Å². The molecule has 174 valence electrons. The molecule has 2 aromatic rings. The molecule has 1 aliphatic heterocycles. The fraction of sp³-hybridized carbons (Fsp3) is 0.385. The van der Waals surface area contributed by atoms with Crippen molar-refractivity contribution in [3.63, 3.8) is 0 Å². The molecule has 0 aromatic heterocycles. The molecule has 2 fully saturated rings. The molecule has 3 nitrogen and oxygen atoms in total. The Balaban J connectivity index is 1.59. The summed E-state index contributed by atoms with van der Waals surface area (Å²) in [5, 5.41) is 0. The molecular weight excluding hydrogens is 447 g/mol. The van der Waals surface area contributed by atoms with Gasteiger partial charge in [-0.15, -0.1) is 0 Å². The van der Waals surface area contributed by atoms with Crippen molar-refractivity contribution in [2.24, 2.45) is 5.92 Å². The lowest BCUT2D eigenvalue weighted by molar-refractivity contribution is -0.0436. The lowest BCUT2D eigenvalue weighted by Crippen LogP contribution is -2.37. The molecule has 2 aliphatic carbocycles. The van der Waals surface area contributed by atoms with Crippen LogP contribution in [0.15, 0.2) is 52.9 Å². The molecule has 3 aliphatic rings. The van der Waals surface area contributed by atoms with Crippen LogP contribution in [0.4, 0.5) is 13.2 Å². The highest BCUT2D eigenvalue weighted by Gasteiger charge is 2.47. The first-order valence-electron chi connectivity index (χ1n) is 11.4. The Bertz CT molecular complexity index is 1230. The van der Waals surface area contributed by atoms with E-state index in [1.54, 1.807) is 0 Å². The minimum Gasteiger partial charge on any atom is -0.302 e. The number of piperidine rings is 1. The number of hydrogen-bond donors (Lipinski definition) is 0. The smallest absolute Gasteiger partial charge is 0.302 e. The van der Waals surface area contributed by atoms with E-state index < -0.39 is 20.2 Å². The Morgan fingerprint density at radius 2 is 1.58 bits per heavy atom. The highest BCUT2D eigenvalue weighted by molar-refractivity contribution is 7.92. The van der Waals surface area contributed by atoms with Gasteiger partial charge in [0, 0.05) is 19.6 Å². The van der Waals surface area contributed by atoms with E-state index in [1.165, 1.54) is 37.0 Å². The van der Waals surface area contributed by atoms with Crippen molar-refractivity contribution >= 4 is 27.6 Å². The van der Waals surface area contributed by atoms with Gasteiger partial charge in [0.2, 0.25) is 0 Å². The number of halogens is 3. The molecule has 5 rings (SSSR count). The third kappa shape index (κ3) is 4.17. The van der Waals surface area contributed by atoms with Crippen molar-refractivity contribution in [1.82, 2.24) is 4.90 Å². The van der Waals surface area contributed by atoms with Crippen molar-refractivity contribution in [2.75, 3.05) is 19.6 Å². The second-order valence-corrected chi connectivity index (χ2v) is 11.1. The van der Waals surface area contributed by atoms with Gasteiger partial charge in [-0.05, 0) is 71.6 Å². The Morgan fingerprint density at radius 1 is 0.909 bits per heavy atom. The molecule has 0 amide bonds. The van der Waals surface area contributed by atoms with Crippen molar-refractivity contribution < 1.29 is 21.6 Å². The van der Waals surface area contributed by atoms with E-state index in [-0.39, 0.29) is 0 Å². The number of benzene rings is 2. The van der Waals surface area contributed by atoms with Crippen LogP contribution in [0.3, 0.4) is 0 Å². The zero-order chi connectivity index (χ0) is 23.2. The maximum absolute atomic E-state index is 13.3. The summed E-state index contributed by atoms with van der Waals surface area (Å²) < 4.78 is 64.2. The van der Waals surface area contributed by atoms with Gasteiger partial charge in [0.25, 0.3) is 9.84 Å². The third-order valence-corrected chi connectivity index (χ3v) is 8.62. The fourth-order valence-electron chi connectivity index (χ4n) is 5.07. The first-order valence-corrected chi connectivity index (χ1v) is 12.9. The van der Waals surface area contributed by atoms with Crippen LogP contribution in [0.2, 0.25) is 0 Å². The van der Waals surface area contributed by atoms with Crippen molar-refractivity contribution in [2.45, 2.75) is 42.5 Å². The molecule has 7 heteroatoms. The van der Waals surface area contributed by atoms with Crippen molar-refractivity contribution in [1.29, 1.82) is 0 Å². The molecule has 1 saturated carbocycles. The van der Waals surface area contributed by atoms with Crippen molar-refractivity contribution in [3.05, 3.63) is 70.3 Å². The van der Waals surface area contributed by atoms with Gasteiger partial charge in [-0.2, -0.15) is 13.2 Å². The second kappa shape index (κ2) is 8.44. The summed E-state index contributed by atoms with van der Waals surface area (Å²) in [6, 6.07) is 11.6. The Labute approximate surface area is 192 Å². The monoisotopic (exact) mass is 473 g/mol. The van der Waals surface area contributed by atoms with E-state index in [4.69, 9.17) is 0 Å². The number of alkyl halides is 3. The van der Waals surface area contributed by atoms with Gasteiger partial charge in [-0.3, -0.25) is 0 Å². The van der Waals surface area contributed by atoms with Gasteiger partial charge < -0.3 is 4.90 Å². The Kier molecular flexibility index (Phi) is 5.73. The second-order valence-electron chi connectivity index (χ2n) is 9.19. The molecule has 0 bridgehead atoms. The van der Waals surface area contributed by atoms with Gasteiger partial charge in [-0.25, -0.2) is 8.42 Å². The summed E-state index contributed by atoms with van der Waals surface area (Å²) in [6.07, 6.45) is 9.37. The molecule has 33 heavy (non-hydrogen) atoms. The van der Waals surface area contributed by atoms with Gasteiger partial charge in [0.05, 0.1) is 4.90 Å². The molecular formula is C26H26F3NO2S. The Morgan fingerprint density at radius 3 is 2.21 bits per heavy atom. The Hall–Kier alpha value is -2.38. The van der Waals surface area contributed by atoms with Crippen LogP contribution in [-0.4, -0.2) is 38.5 Å². The third-order valence-electron chi connectivity index (χ3n) is 7.14. The molecule has 1 saturated heterocycles. The first-order chi connectivity index (χ1) is 15.7. The quantitative estimate of drug-likeness (QED) is 0.457. The van der Waals surface area contributed by atoms with E-state index >= 15 is 0 Å². The minimum absolute atomic E-state index is 0.559. The van der Waals surface area contributed by atoms with Gasteiger partial charge >= 0.3 is 5.51 Å². The molecule has 0 N–H and O–H groups in total. The zero-order valence-corrected chi connectivity index (χ0v) is 19.1. The van der Waals surface area contributed by atoms with Crippen LogP contribution in [0.25, 0.3) is 17.7 Å².